The molecule has 0 saturated carbocycles. The largest absolute Gasteiger partial charge is 0.396 e. The van der Waals surface area contributed by atoms with Gasteiger partial charge in [0.05, 0.1) is 6.42 Å². The molecule has 0 aromatic heterocycles. The van der Waals surface area contributed by atoms with E-state index in [0.29, 0.717) is 24.6 Å². The first kappa shape index (κ1) is 13.7. The summed E-state index contributed by atoms with van der Waals surface area (Å²) in [5, 5.41) is 9.05. The van der Waals surface area contributed by atoms with Crippen LogP contribution in [0.2, 0.25) is 0 Å². The van der Waals surface area contributed by atoms with E-state index in [4.69, 9.17) is 5.11 Å². The van der Waals surface area contributed by atoms with Crippen molar-refractivity contribution in [2.75, 3.05) is 19.7 Å². The molecule has 0 aliphatic carbocycles. The van der Waals surface area contributed by atoms with Gasteiger partial charge in [0.25, 0.3) is 0 Å². The quantitative estimate of drug-likeness (QED) is 0.660. The molecule has 1 aliphatic heterocycles. The Hall–Kier alpha value is -1.68. The van der Waals surface area contributed by atoms with Gasteiger partial charge in [-0.3, -0.25) is 9.59 Å². The molecule has 0 spiro atoms. The zero-order valence-electron chi connectivity index (χ0n) is 10.9. The summed E-state index contributed by atoms with van der Waals surface area (Å²) in [5.74, 6) is 0.0639. The van der Waals surface area contributed by atoms with Crippen LogP contribution in [0.1, 0.15) is 29.6 Å². The fraction of sp³-hybridized carbons (Fsp3) is 0.467. The second-order valence-electron chi connectivity index (χ2n) is 4.97. The Bertz CT molecular complexity index is 436. The molecule has 0 atom stereocenters. The summed E-state index contributed by atoms with van der Waals surface area (Å²) in [4.78, 5) is 25.7. The molecule has 0 radical (unpaired) electrons. The third-order valence-corrected chi connectivity index (χ3v) is 3.63. The average Bonchev–Trinajstić information content (AvgIpc) is 2.48. The second-order valence-corrected chi connectivity index (χ2v) is 4.97. The van der Waals surface area contributed by atoms with Gasteiger partial charge in [-0.1, -0.05) is 30.3 Å². The molecular formula is C15H19NO3. The van der Waals surface area contributed by atoms with Gasteiger partial charge in [-0.2, -0.15) is 0 Å². The highest BCUT2D eigenvalue weighted by molar-refractivity contribution is 6.07. The maximum Gasteiger partial charge on any atom is 0.230 e. The van der Waals surface area contributed by atoms with Gasteiger partial charge in [0.2, 0.25) is 5.91 Å². The number of benzene rings is 1. The molecule has 0 unspecified atom stereocenters. The van der Waals surface area contributed by atoms with Crippen molar-refractivity contribution in [1.29, 1.82) is 0 Å². The SMILES string of the molecule is O=C(CC(=O)N1CCC(CO)CC1)c1ccccc1. The molecule has 1 aromatic carbocycles. The standard InChI is InChI=1S/C15H19NO3/c17-11-12-6-8-16(9-7-12)15(19)10-14(18)13-4-2-1-3-5-13/h1-5,12,17H,6-11H2. The monoisotopic (exact) mass is 261 g/mol. The van der Waals surface area contributed by atoms with Crippen molar-refractivity contribution in [1.82, 2.24) is 4.90 Å². The number of piperidine rings is 1. The van der Waals surface area contributed by atoms with Crippen LogP contribution in [0.5, 0.6) is 0 Å². The van der Waals surface area contributed by atoms with Crippen LogP contribution in [0.15, 0.2) is 30.3 Å². The molecule has 1 aliphatic rings. The Morgan fingerprint density at radius 3 is 2.37 bits per heavy atom. The van der Waals surface area contributed by atoms with Crippen molar-refractivity contribution in [2.45, 2.75) is 19.3 Å². The summed E-state index contributed by atoms with van der Waals surface area (Å²) in [6.45, 7) is 1.48. The van der Waals surface area contributed by atoms with Crippen molar-refractivity contribution in [3.05, 3.63) is 35.9 Å². The number of nitrogens with zero attached hydrogens (tertiary/aromatic N) is 1. The summed E-state index contributed by atoms with van der Waals surface area (Å²) in [5.41, 5.74) is 0.584. The number of aliphatic hydroxyl groups is 1. The number of aliphatic hydroxyl groups excluding tert-OH is 1. The highest BCUT2D eigenvalue weighted by Gasteiger charge is 2.23. The fourth-order valence-corrected chi connectivity index (χ4v) is 2.34. The predicted molar refractivity (Wildman–Crippen MR) is 71.8 cm³/mol. The number of hydrogen-bond donors (Lipinski definition) is 1. The van der Waals surface area contributed by atoms with Crippen molar-refractivity contribution < 1.29 is 14.7 Å². The van der Waals surface area contributed by atoms with E-state index in [1.807, 2.05) is 6.07 Å². The van der Waals surface area contributed by atoms with E-state index >= 15 is 0 Å². The van der Waals surface area contributed by atoms with Crippen LogP contribution in [0.25, 0.3) is 0 Å². The maximum atomic E-state index is 12.0. The van der Waals surface area contributed by atoms with E-state index in [1.54, 1.807) is 29.2 Å². The van der Waals surface area contributed by atoms with Crippen LogP contribution in [-0.4, -0.2) is 41.4 Å². The Morgan fingerprint density at radius 2 is 1.79 bits per heavy atom. The molecule has 1 aromatic rings. The number of carbonyl (C=O) groups is 2. The Balaban J connectivity index is 1.86. The number of carbonyl (C=O) groups excluding carboxylic acids is 2. The van der Waals surface area contributed by atoms with Gasteiger partial charge in [0, 0.05) is 25.3 Å². The summed E-state index contributed by atoms with van der Waals surface area (Å²) in [6.07, 6.45) is 1.58. The van der Waals surface area contributed by atoms with Gasteiger partial charge >= 0.3 is 0 Å². The maximum absolute atomic E-state index is 12.0. The van der Waals surface area contributed by atoms with Crippen LogP contribution in [0.3, 0.4) is 0 Å². The number of rotatable bonds is 4. The zero-order valence-corrected chi connectivity index (χ0v) is 10.9. The van der Waals surface area contributed by atoms with Crippen molar-refractivity contribution in [3.8, 4) is 0 Å². The first-order chi connectivity index (χ1) is 9.20. The Labute approximate surface area is 113 Å². The minimum absolute atomic E-state index is 0.0617. The van der Waals surface area contributed by atoms with E-state index in [1.165, 1.54) is 0 Å². The third kappa shape index (κ3) is 3.64. The third-order valence-electron chi connectivity index (χ3n) is 3.63. The first-order valence-corrected chi connectivity index (χ1v) is 6.67. The Morgan fingerprint density at radius 1 is 1.16 bits per heavy atom. The van der Waals surface area contributed by atoms with E-state index in [2.05, 4.69) is 0 Å². The lowest BCUT2D eigenvalue weighted by atomic mass is 9.97. The molecule has 4 nitrogen and oxygen atoms in total. The second kappa shape index (κ2) is 6.48. The molecule has 4 heteroatoms. The highest BCUT2D eigenvalue weighted by Crippen LogP contribution is 2.17. The topological polar surface area (TPSA) is 57.6 Å². The van der Waals surface area contributed by atoms with Gasteiger partial charge in [-0.25, -0.2) is 0 Å². The number of likely N-dealkylation sites (tertiary alicyclic amines) is 1. The first-order valence-electron chi connectivity index (χ1n) is 6.67. The molecule has 1 fully saturated rings. The number of hydrogen-bond acceptors (Lipinski definition) is 3. The molecule has 2 rings (SSSR count). The van der Waals surface area contributed by atoms with Crippen molar-refractivity contribution >= 4 is 11.7 Å². The fourth-order valence-electron chi connectivity index (χ4n) is 2.34. The van der Waals surface area contributed by atoms with Gasteiger partial charge in [-0.05, 0) is 18.8 Å². The van der Waals surface area contributed by atoms with Gasteiger partial charge in [0.1, 0.15) is 0 Å². The highest BCUT2D eigenvalue weighted by atomic mass is 16.3. The number of amides is 1. The molecule has 102 valence electrons. The molecule has 1 amide bonds. The Kier molecular flexibility index (Phi) is 4.68. The predicted octanol–water partition coefficient (Wildman–Crippen LogP) is 1.49. The smallest absolute Gasteiger partial charge is 0.230 e. The van der Waals surface area contributed by atoms with Crippen LogP contribution in [0.4, 0.5) is 0 Å². The lowest BCUT2D eigenvalue weighted by Crippen LogP contribution is -2.40. The molecule has 1 N–H and O–H groups in total. The molecule has 1 heterocycles. The summed E-state index contributed by atoms with van der Waals surface area (Å²) < 4.78 is 0. The van der Waals surface area contributed by atoms with Gasteiger partial charge in [0.15, 0.2) is 5.78 Å². The van der Waals surface area contributed by atoms with Crippen LogP contribution >= 0.6 is 0 Å². The summed E-state index contributed by atoms with van der Waals surface area (Å²) >= 11 is 0. The lowest BCUT2D eigenvalue weighted by molar-refractivity contribution is -0.131. The summed E-state index contributed by atoms with van der Waals surface area (Å²) in [7, 11) is 0. The molecule has 19 heavy (non-hydrogen) atoms. The average molecular weight is 261 g/mol. The van der Waals surface area contributed by atoms with Gasteiger partial charge in [-0.15, -0.1) is 0 Å². The van der Waals surface area contributed by atoms with Crippen LogP contribution < -0.4 is 0 Å². The van der Waals surface area contributed by atoms with Crippen molar-refractivity contribution in [3.63, 3.8) is 0 Å². The molecular weight excluding hydrogens is 242 g/mol. The van der Waals surface area contributed by atoms with Crippen molar-refractivity contribution in [2.24, 2.45) is 5.92 Å². The van der Waals surface area contributed by atoms with E-state index in [0.717, 1.165) is 12.8 Å². The lowest BCUT2D eigenvalue weighted by Gasteiger charge is -2.31. The number of ketones is 1. The van der Waals surface area contributed by atoms with Gasteiger partial charge < -0.3 is 10.0 Å². The zero-order chi connectivity index (χ0) is 13.7. The molecule has 1 saturated heterocycles. The number of Topliss-reactive ketones (excluding diaryl/α,β-unsaturated/α-hetero) is 1. The van der Waals surface area contributed by atoms with Crippen LogP contribution in [-0.2, 0) is 4.79 Å². The minimum Gasteiger partial charge on any atom is -0.396 e. The van der Waals surface area contributed by atoms with E-state index in [-0.39, 0.29) is 24.7 Å². The van der Waals surface area contributed by atoms with E-state index in [9.17, 15) is 9.59 Å². The molecule has 0 bridgehead atoms. The van der Waals surface area contributed by atoms with Crippen LogP contribution in [0, 0.1) is 5.92 Å². The minimum atomic E-state index is -0.130. The summed E-state index contributed by atoms with van der Waals surface area (Å²) in [6, 6.07) is 8.90. The normalized spacial score (nSPS) is 16.4. The van der Waals surface area contributed by atoms with E-state index < -0.39 is 0 Å².